The molecule has 176 valence electrons. The molecular formula is C34H31N2+. The predicted octanol–water partition coefficient (Wildman–Crippen LogP) is 7.45. The van der Waals surface area contributed by atoms with Crippen LogP contribution in [-0.2, 0) is 5.54 Å². The molecule has 0 N–H and O–H groups in total. The normalized spacial score (nSPS) is 28.1. The van der Waals surface area contributed by atoms with Crippen LogP contribution < -0.4 is 0 Å². The molecule has 4 atom stereocenters. The van der Waals surface area contributed by atoms with Crippen molar-refractivity contribution in [3.63, 3.8) is 0 Å². The van der Waals surface area contributed by atoms with Gasteiger partial charge in [0.05, 0.1) is 19.2 Å². The molecule has 2 heteroatoms. The molecule has 0 amide bonds. The number of hydrogen-bond donors (Lipinski definition) is 0. The van der Waals surface area contributed by atoms with Crippen molar-refractivity contribution < 1.29 is 4.48 Å². The second-order valence-corrected chi connectivity index (χ2v) is 10.4. The number of rotatable bonds is 4. The number of likely N-dealkylation sites (N-methyl/N-ethyl adjacent to an activating group) is 1. The van der Waals surface area contributed by atoms with Gasteiger partial charge in [-0.3, -0.25) is 9.48 Å². The van der Waals surface area contributed by atoms with E-state index in [2.05, 4.69) is 123 Å². The van der Waals surface area contributed by atoms with Crippen LogP contribution in [0.4, 0.5) is 0 Å². The third-order valence-corrected chi connectivity index (χ3v) is 8.64. The fourth-order valence-corrected chi connectivity index (χ4v) is 6.79. The molecule has 2 heterocycles. The molecule has 1 spiro atoms. The summed E-state index contributed by atoms with van der Waals surface area (Å²) in [5.74, 6) is 2.95. The minimum atomic E-state index is 0.0244. The van der Waals surface area contributed by atoms with E-state index >= 15 is 0 Å². The predicted molar refractivity (Wildman–Crippen MR) is 149 cm³/mol. The summed E-state index contributed by atoms with van der Waals surface area (Å²) in [6.45, 7) is 4.28. The Balaban J connectivity index is 1.46. The highest BCUT2D eigenvalue weighted by atomic mass is 15.4. The van der Waals surface area contributed by atoms with E-state index in [9.17, 15) is 0 Å². The van der Waals surface area contributed by atoms with E-state index in [4.69, 9.17) is 6.42 Å². The van der Waals surface area contributed by atoms with Gasteiger partial charge in [-0.05, 0) is 53.8 Å². The number of terminal acetylenes is 1. The summed E-state index contributed by atoms with van der Waals surface area (Å²) >= 11 is 0. The number of benzene rings is 3. The Morgan fingerprint density at radius 2 is 1.75 bits per heavy atom. The molecule has 2 aliphatic heterocycles. The van der Waals surface area contributed by atoms with Gasteiger partial charge in [0, 0.05) is 35.5 Å². The molecule has 6 rings (SSSR count). The van der Waals surface area contributed by atoms with Gasteiger partial charge in [0.25, 0.3) is 0 Å². The van der Waals surface area contributed by atoms with Crippen molar-refractivity contribution in [2.45, 2.75) is 37.8 Å². The molecule has 3 aliphatic rings. The Bertz CT molecular complexity index is 1530. The number of quaternary nitrogens is 1. The first-order valence-corrected chi connectivity index (χ1v) is 12.7. The first-order valence-electron chi connectivity index (χ1n) is 12.7. The fraction of sp³-hybridized carbons (Fsp3) is 0.206. The van der Waals surface area contributed by atoms with Crippen molar-refractivity contribution in [3.8, 4) is 12.3 Å². The summed E-state index contributed by atoms with van der Waals surface area (Å²) in [5, 5.41) is 0. The monoisotopic (exact) mass is 467 g/mol. The molecule has 3 aromatic rings. The number of aliphatic imine (C=N–C) groups is 1. The minimum absolute atomic E-state index is 0.0244. The Morgan fingerprint density at radius 3 is 2.56 bits per heavy atom. The average molecular weight is 468 g/mol. The highest BCUT2D eigenvalue weighted by Gasteiger charge is 2.74. The lowest BCUT2D eigenvalue weighted by atomic mass is 9.93. The van der Waals surface area contributed by atoms with Gasteiger partial charge >= 0.3 is 0 Å². The summed E-state index contributed by atoms with van der Waals surface area (Å²) in [5.41, 5.74) is 10.5. The van der Waals surface area contributed by atoms with Crippen LogP contribution >= 0.6 is 0 Å². The SMILES string of the molecule is C#C/C=C\N=C(/C)c1ccccc1C1C[C@@]12c1ccccc1C1C=C(c3ccccc3C)C=C[N+]12C. The van der Waals surface area contributed by atoms with E-state index in [1.165, 1.54) is 39.0 Å². The van der Waals surface area contributed by atoms with Gasteiger partial charge in [-0.2, -0.15) is 0 Å². The van der Waals surface area contributed by atoms with E-state index in [1.807, 2.05) is 0 Å². The lowest BCUT2D eigenvalue weighted by molar-refractivity contribution is -0.921. The zero-order valence-electron chi connectivity index (χ0n) is 21.1. The van der Waals surface area contributed by atoms with Crippen molar-refractivity contribution in [1.82, 2.24) is 0 Å². The first kappa shape index (κ1) is 22.5. The Kier molecular flexibility index (Phi) is 5.21. The first-order chi connectivity index (χ1) is 17.5. The van der Waals surface area contributed by atoms with E-state index in [-0.39, 0.29) is 5.54 Å². The third-order valence-electron chi connectivity index (χ3n) is 8.64. The van der Waals surface area contributed by atoms with Crippen LogP contribution in [0.2, 0.25) is 0 Å². The number of hydrogen-bond acceptors (Lipinski definition) is 1. The van der Waals surface area contributed by atoms with Gasteiger partial charge in [-0.15, -0.1) is 6.42 Å². The summed E-state index contributed by atoms with van der Waals surface area (Å²) in [7, 11) is 2.42. The van der Waals surface area contributed by atoms with Crippen LogP contribution in [0.5, 0.6) is 0 Å². The largest absolute Gasteiger partial charge is 0.281 e. The van der Waals surface area contributed by atoms with E-state index in [0.717, 1.165) is 16.6 Å². The molecule has 36 heavy (non-hydrogen) atoms. The zero-order chi connectivity index (χ0) is 24.9. The van der Waals surface area contributed by atoms with Crippen LogP contribution in [0, 0.1) is 19.3 Å². The molecular weight excluding hydrogens is 436 g/mol. The van der Waals surface area contributed by atoms with E-state index in [0.29, 0.717) is 12.0 Å². The number of aryl methyl sites for hydroxylation is 1. The van der Waals surface area contributed by atoms with Crippen LogP contribution in [0.1, 0.15) is 58.7 Å². The highest BCUT2D eigenvalue weighted by molar-refractivity contribution is 6.00. The van der Waals surface area contributed by atoms with Gasteiger partial charge in [-0.25, -0.2) is 0 Å². The van der Waals surface area contributed by atoms with Gasteiger partial charge < -0.3 is 0 Å². The summed E-state index contributed by atoms with van der Waals surface area (Å²) in [6.07, 6.45) is 17.2. The maximum Gasteiger partial charge on any atom is 0.140 e. The zero-order valence-corrected chi connectivity index (χ0v) is 21.1. The number of allylic oxidation sites excluding steroid dienone is 3. The lowest BCUT2D eigenvalue weighted by Gasteiger charge is -2.41. The molecule has 2 nitrogen and oxygen atoms in total. The maximum absolute atomic E-state index is 5.38. The van der Waals surface area contributed by atoms with Gasteiger partial charge in [0.2, 0.25) is 0 Å². The lowest BCUT2D eigenvalue weighted by Crippen LogP contribution is -2.46. The smallest absolute Gasteiger partial charge is 0.140 e. The minimum Gasteiger partial charge on any atom is -0.281 e. The summed E-state index contributed by atoms with van der Waals surface area (Å²) < 4.78 is 0.883. The van der Waals surface area contributed by atoms with Gasteiger partial charge in [0.1, 0.15) is 11.6 Å². The topological polar surface area (TPSA) is 12.4 Å². The van der Waals surface area contributed by atoms with Gasteiger partial charge in [0.15, 0.2) is 0 Å². The van der Waals surface area contributed by atoms with Crippen LogP contribution in [-0.4, -0.2) is 17.2 Å². The van der Waals surface area contributed by atoms with Crippen molar-refractivity contribution >= 4 is 11.3 Å². The Labute approximate surface area is 214 Å². The standard InChI is InChI=1S/C34H31N2/c1-5-6-20-35-25(3)28-15-9-10-16-29(28)32-23-34(32)31-18-12-11-17-30(31)33-22-26(19-21-36(33,34)4)27-14-8-7-13-24(27)2/h1,6-22,32-33H,23H2,2-4H3/q+1/b20-6-,35-25+/t32?,33?,34-,36?/m1/s1. The Morgan fingerprint density at radius 1 is 1.03 bits per heavy atom. The van der Waals surface area contributed by atoms with Crippen LogP contribution in [0.15, 0.2) is 108 Å². The fourth-order valence-electron chi connectivity index (χ4n) is 6.79. The third kappa shape index (κ3) is 3.13. The second-order valence-electron chi connectivity index (χ2n) is 10.4. The molecule has 1 saturated carbocycles. The quantitative estimate of drug-likeness (QED) is 0.215. The van der Waals surface area contributed by atoms with Crippen molar-refractivity contribution in [1.29, 1.82) is 0 Å². The highest BCUT2D eigenvalue weighted by Crippen LogP contribution is 2.73. The Hall–Kier alpha value is -3.93. The molecule has 0 bridgehead atoms. The second kappa shape index (κ2) is 8.33. The van der Waals surface area contributed by atoms with Crippen molar-refractivity contribution in [2.24, 2.45) is 4.99 Å². The van der Waals surface area contributed by atoms with Crippen molar-refractivity contribution in [2.75, 3.05) is 7.05 Å². The summed E-state index contributed by atoms with van der Waals surface area (Å²) in [4.78, 5) is 4.63. The molecule has 3 unspecified atom stereocenters. The average Bonchev–Trinajstić information content (AvgIpc) is 3.62. The van der Waals surface area contributed by atoms with Crippen molar-refractivity contribution in [3.05, 3.63) is 137 Å². The van der Waals surface area contributed by atoms with Gasteiger partial charge in [-0.1, -0.05) is 78.7 Å². The van der Waals surface area contributed by atoms with Crippen LogP contribution in [0.25, 0.3) is 5.57 Å². The molecule has 3 aromatic carbocycles. The van der Waals surface area contributed by atoms with E-state index < -0.39 is 0 Å². The number of fused-ring (bicyclic) bond motifs is 5. The van der Waals surface area contributed by atoms with Crippen LogP contribution in [0.3, 0.4) is 0 Å². The van der Waals surface area contributed by atoms with E-state index in [1.54, 1.807) is 12.3 Å². The summed E-state index contributed by atoms with van der Waals surface area (Å²) in [6, 6.07) is 26.9. The molecule has 1 aliphatic carbocycles. The molecule has 1 fully saturated rings. The molecule has 0 radical (unpaired) electrons. The number of nitrogens with zero attached hydrogens (tertiary/aromatic N) is 2. The molecule has 0 aromatic heterocycles. The molecule has 0 saturated heterocycles. The maximum atomic E-state index is 5.38.